The number of furan rings is 1. The van der Waals surface area contributed by atoms with Crippen molar-refractivity contribution in [2.75, 3.05) is 0 Å². The molecule has 0 bridgehead atoms. The Kier molecular flexibility index (Phi) is 2.05. The highest BCUT2D eigenvalue weighted by atomic mass is 16.3. The third-order valence-corrected chi connectivity index (χ3v) is 2.33. The summed E-state index contributed by atoms with van der Waals surface area (Å²) in [5.74, 6) is 1.08. The molecular formula is C11H13NO. The van der Waals surface area contributed by atoms with Gasteiger partial charge in [-0.05, 0) is 18.6 Å². The van der Waals surface area contributed by atoms with Crippen LogP contribution in [0.3, 0.4) is 0 Å². The highest BCUT2D eigenvalue weighted by Crippen LogP contribution is 2.24. The van der Waals surface area contributed by atoms with Crippen molar-refractivity contribution in [2.45, 2.75) is 26.7 Å². The van der Waals surface area contributed by atoms with Gasteiger partial charge in [-0.2, -0.15) is 0 Å². The van der Waals surface area contributed by atoms with E-state index in [0.717, 1.165) is 24.3 Å². The van der Waals surface area contributed by atoms with Crippen LogP contribution < -0.4 is 0 Å². The molecule has 0 amide bonds. The number of hydrogen-bond acceptors (Lipinski definition) is 2. The summed E-state index contributed by atoms with van der Waals surface area (Å²) in [5, 5.41) is 1.17. The highest BCUT2D eigenvalue weighted by molar-refractivity contribution is 5.78. The number of pyridine rings is 1. The fourth-order valence-corrected chi connectivity index (χ4v) is 1.70. The second kappa shape index (κ2) is 3.21. The molecule has 2 rings (SSSR count). The van der Waals surface area contributed by atoms with Crippen molar-refractivity contribution in [2.24, 2.45) is 0 Å². The van der Waals surface area contributed by atoms with Gasteiger partial charge in [0.15, 0.2) is 0 Å². The van der Waals surface area contributed by atoms with Gasteiger partial charge in [-0.1, -0.05) is 13.8 Å². The van der Waals surface area contributed by atoms with Crippen LogP contribution in [0.1, 0.15) is 25.2 Å². The first-order valence-electron chi connectivity index (χ1n) is 4.72. The Morgan fingerprint density at radius 3 is 2.85 bits per heavy atom. The predicted molar refractivity (Wildman–Crippen MR) is 52.8 cm³/mol. The Labute approximate surface area is 77.6 Å². The largest absolute Gasteiger partial charge is 0.443 e. The van der Waals surface area contributed by atoms with Crippen LogP contribution in [0.2, 0.25) is 0 Å². The maximum Gasteiger partial charge on any atom is 0.226 e. The van der Waals surface area contributed by atoms with Gasteiger partial charge in [0.25, 0.3) is 0 Å². The van der Waals surface area contributed by atoms with Gasteiger partial charge in [-0.25, -0.2) is 4.98 Å². The van der Waals surface area contributed by atoms with Crippen LogP contribution in [-0.4, -0.2) is 4.98 Å². The van der Waals surface area contributed by atoms with Crippen molar-refractivity contribution in [3.63, 3.8) is 0 Å². The molecule has 0 aliphatic carbocycles. The van der Waals surface area contributed by atoms with E-state index in [4.69, 9.17) is 4.42 Å². The van der Waals surface area contributed by atoms with Gasteiger partial charge in [0.1, 0.15) is 5.76 Å². The molecule has 0 atom stereocenters. The van der Waals surface area contributed by atoms with Gasteiger partial charge < -0.3 is 4.42 Å². The van der Waals surface area contributed by atoms with Crippen molar-refractivity contribution in [3.8, 4) is 0 Å². The standard InChI is InChI=1S/C11H13NO/c1-3-8-9-6-5-7-12-11(9)13-10(8)4-2/h5-7H,3-4H2,1-2H3. The van der Waals surface area contributed by atoms with Crippen LogP contribution >= 0.6 is 0 Å². The molecule has 0 aromatic carbocycles. The first kappa shape index (κ1) is 8.30. The molecule has 2 aromatic rings. The Morgan fingerprint density at radius 1 is 1.31 bits per heavy atom. The summed E-state index contributed by atoms with van der Waals surface area (Å²) in [6.45, 7) is 4.26. The van der Waals surface area contributed by atoms with E-state index in [1.807, 2.05) is 6.07 Å². The van der Waals surface area contributed by atoms with Crippen molar-refractivity contribution < 1.29 is 4.42 Å². The zero-order valence-corrected chi connectivity index (χ0v) is 8.00. The molecule has 0 spiro atoms. The molecule has 13 heavy (non-hydrogen) atoms. The lowest BCUT2D eigenvalue weighted by atomic mass is 10.1. The van der Waals surface area contributed by atoms with E-state index in [9.17, 15) is 0 Å². The molecule has 0 N–H and O–H groups in total. The molecule has 0 fully saturated rings. The quantitative estimate of drug-likeness (QED) is 0.701. The topological polar surface area (TPSA) is 26.0 Å². The Morgan fingerprint density at radius 2 is 2.15 bits per heavy atom. The molecule has 0 unspecified atom stereocenters. The second-order valence-electron chi connectivity index (χ2n) is 3.07. The summed E-state index contributed by atoms with van der Waals surface area (Å²) in [6.07, 6.45) is 3.73. The predicted octanol–water partition coefficient (Wildman–Crippen LogP) is 2.95. The van der Waals surface area contributed by atoms with Crippen LogP contribution in [0.5, 0.6) is 0 Å². The molecular weight excluding hydrogens is 162 g/mol. The van der Waals surface area contributed by atoms with Crippen molar-refractivity contribution >= 4 is 11.1 Å². The van der Waals surface area contributed by atoms with Gasteiger partial charge in [0.2, 0.25) is 5.71 Å². The van der Waals surface area contributed by atoms with Crippen molar-refractivity contribution in [3.05, 3.63) is 29.7 Å². The number of fused-ring (bicyclic) bond motifs is 1. The zero-order valence-electron chi connectivity index (χ0n) is 8.00. The third-order valence-electron chi connectivity index (χ3n) is 2.33. The minimum absolute atomic E-state index is 0.774. The van der Waals surface area contributed by atoms with E-state index < -0.39 is 0 Å². The monoisotopic (exact) mass is 175 g/mol. The normalized spacial score (nSPS) is 10.9. The minimum Gasteiger partial charge on any atom is -0.443 e. The molecule has 0 radical (unpaired) electrons. The molecule has 2 heterocycles. The second-order valence-corrected chi connectivity index (χ2v) is 3.07. The number of aryl methyl sites for hydroxylation is 2. The van der Waals surface area contributed by atoms with Crippen LogP contribution in [-0.2, 0) is 12.8 Å². The lowest BCUT2D eigenvalue weighted by molar-refractivity contribution is 0.541. The molecule has 0 saturated carbocycles. The van der Waals surface area contributed by atoms with E-state index in [2.05, 4.69) is 24.9 Å². The molecule has 2 aromatic heterocycles. The molecule has 2 heteroatoms. The van der Waals surface area contributed by atoms with E-state index >= 15 is 0 Å². The van der Waals surface area contributed by atoms with E-state index in [-0.39, 0.29) is 0 Å². The van der Waals surface area contributed by atoms with E-state index in [1.165, 1.54) is 10.9 Å². The van der Waals surface area contributed by atoms with Gasteiger partial charge in [-0.3, -0.25) is 0 Å². The Hall–Kier alpha value is -1.31. The lowest BCUT2D eigenvalue weighted by Gasteiger charge is -1.93. The number of aromatic nitrogens is 1. The maximum atomic E-state index is 5.63. The van der Waals surface area contributed by atoms with Gasteiger partial charge in [0, 0.05) is 23.6 Å². The van der Waals surface area contributed by atoms with Crippen molar-refractivity contribution in [1.29, 1.82) is 0 Å². The Balaban J connectivity index is 2.73. The van der Waals surface area contributed by atoms with Crippen LogP contribution in [0.4, 0.5) is 0 Å². The molecule has 2 nitrogen and oxygen atoms in total. The molecule has 0 saturated heterocycles. The summed E-state index contributed by atoms with van der Waals surface area (Å²) in [7, 11) is 0. The summed E-state index contributed by atoms with van der Waals surface area (Å²) in [4.78, 5) is 4.19. The SMILES string of the molecule is CCc1oc2ncccc2c1CC. The zero-order chi connectivity index (χ0) is 9.26. The summed E-state index contributed by atoms with van der Waals surface area (Å²) < 4.78 is 5.63. The molecule has 68 valence electrons. The lowest BCUT2D eigenvalue weighted by Crippen LogP contribution is -1.83. The third kappa shape index (κ3) is 1.22. The number of rotatable bonds is 2. The minimum atomic E-state index is 0.774. The van der Waals surface area contributed by atoms with Crippen molar-refractivity contribution in [1.82, 2.24) is 4.98 Å². The fraction of sp³-hybridized carbons (Fsp3) is 0.364. The number of nitrogens with zero attached hydrogens (tertiary/aromatic N) is 1. The highest BCUT2D eigenvalue weighted by Gasteiger charge is 2.10. The average Bonchev–Trinajstić information content (AvgIpc) is 2.55. The average molecular weight is 175 g/mol. The summed E-state index contributed by atoms with van der Waals surface area (Å²) >= 11 is 0. The van der Waals surface area contributed by atoms with Gasteiger partial charge >= 0.3 is 0 Å². The van der Waals surface area contributed by atoms with Crippen LogP contribution in [0.25, 0.3) is 11.1 Å². The smallest absolute Gasteiger partial charge is 0.226 e. The van der Waals surface area contributed by atoms with E-state index in [1.54, 1.807) is 6.20 Å². The van der Waals surface area contributed by atoms with Gasteiger partial charge in [0.05, 0.1) is 0 Å². The van der Waals surface area contributed by atoms with Crippen LogP contribution in [0.15, 0.2) is 22.7 Å². The number of hydrogen-bond donors (Lipinski definition) is 0. The van der Waals surface area contributed by atoms with E-state index in [0.29, 0.717) is 0 Å². The fourth-order valence-electron chi connectivity index (χ4n) is 1.70. The molecule has 0 aliphatic heterocycles. The summed E-state index contributed by atoms with van der Waals surface area (Å²) in [6, 6.07) is 4.03. The first-order chi connectivity index (χ1) is 6.36. The van der Waals surface area contributed by atoms with Gasteiger partial charge in [-0.15, -0.1) is 0 Å². The van der Waals surface area contributed by atoms with Crippen LogP contribution in [0, 0.1) is 0 Å². The Bertz CT molecular complexity index is 417. The molecule has 0 aliphatic rings. The first-order valence-corrected chi connectivity index (χ1v) is 4.72. The maximum absolute atomic E-state index is 5.63. The summed E-state index contributed by atoms with van der Waals surface area (Å²) in [5.41, 5.74) is 2.09.